The molecule has 45 heavy (non-hydrogen) atoms. The average Bonchev–Trinajstić information content (AvgIpc) is 3.36. The Morgan fingerprint density at radius 3 is 2.33 bits per heavy atom. The van der Waals surface area contributed by atoms with Gasteiger partial charge in [-0.15, -0.1) is 0 Å². The van der Waals surface area contributed by atoms with Gasteiger partial charge in [0.2, 0.25) is 0 Å². The number of hydrogen-bond acceptors (Lipinski definition) is 8. The Morgan fingerprint density at radius 2 is 1.67 bits per heavy atom. The highest BCUT2D eigenvalue weighted by Crippen LogP contribution is 2.41. The van der Waals surface area contributed by atoms with Crippen molar-refractivity contribution in [3.8, 4) is 11.5 Å². The monoisotopic (exact) mass is 622 g/mol. The summed E-state index contributed by atoms with van der Waals surface area (Å²) in [6.45, 7) is 4.51. The minimum atomic E-state index is -0.857. The number of nitrogens with zero attached hydrogens (tertiary/aromatic N) is 2. The molecule has 0 fully saturated rings. The van der Waals surface area contributed by atoms with E-state index in [4.69, 9.17) is 23.9 Å². The van der Waals surface area contributed by atoms with Crippen LogP contribution in [0.25, 0.3) is 27.6 Å². The van der Waals surface area contributed by atoms with Crippen LogP contribution >= 0.6 is 11.3 Å². The molecule has 5 aromatic rings. The number of ether oxygens (including phenoxy) is 4. The molecule has 1 aromatic heterocycles. The van der Waals surface area contributed by atoms with E-state index in [1.165, 1.54) is 11.3 Å². The standard InChI is InChI=1S/C36H34N2O6S/c1-5-17-43-33-27(15-10-16-29(33)42-4)32-31(35(40)44-19-18-41-3)22(2)37-36-38(32)34(39)30(45-36)21-28-25-13-8-6-11-23(25)20-24-12-7-9-14-26(24)28/h6-16,20-21,32H,5,17-19H2,1-4H3/b30-21+/t32-/m0/s1. The number of para-hydroxylation sites is 1. The van der Waals surface area contributed by atoms with Gasteiger partial charge in [-0.05, 0) is 58.7 Å². The second kappa shape index (κ2) is 13.1. The van der Waals surface area contributed by atoms with E-state index in [0.717, 1.165) is 33.5 Å². The summed E-state index contributed by atoms with van der Waals surface area (Å²) in [5.41, 5.74) is 2.03. The molecule has 0 unspecified atom stereocenters. The molecule has 8 nitrogen and oxygen atoms in total. The van der Waals surface area contributed by atoms with E-state index in [9.17, 15) is 9.59 Å². The number of benzene rings is 4. The molecule has 0 N–H and O–H groups in total. The number of thiazole rings is 1. The van der Waals surface area contributed by atoms with Crippen molar-refractivity contribution < 1.29 is 23.7 Å². The largest absolute Gasteiger partial charge is 0.493 e. The normalized spacial score (nSPS) is 14.8. The molecule has 0 saturated carbocycles. The van der Waals surface area contributed by atoms with E-state index < -0.39 is 12.0 Å². The van der Waals surface area contributed by atoms with Crippen molar-refractivity contribution in [2.24, 2.45) is 4.99 Å². The minimum Gasteiger partial charge on any atom is -0.493 e. The Hall–Kier alpha value is -4.73. The number of fused-ring (bicyclic) bond motifs is 3. The first-order chi connectivity index (χ1) is 22.0. The molecule has 0 amide bonds. The van der Waals surface area contributed by atoms with Gasteiger partial charge in [0.05, 0.1) is 36.1 Å². The first kappa shape index (κ1) is 30.3. The number of allylic oxidation sites excluding steroid dienone is 1. The summed E-state index contributed by atoms with van der Waals surface area (Å²) in [6.07, 6.45) is 2.71. The quantitative estimate of drug-likeness (QED) is 0.116. The Morgan fingerprint density at radius 1 is 0.956 bits per heavy atom. The molecule has 1 aliphatic heterocycles. The van der Waals surface area contributed by atoms with Crippen molar-refractivity contribution in [1.82, 2.24) is 4.57 Å². The lowest BCUT2D eigenvalue weighted by molar-refractivity contribution is -0.140. The van der Waals surface area contributed by atoms with Crippen LogP contribution in [-0.4, -0.2) is 44.6 Å². The Labute approximate surface area is 264 Å². The Kier molecular flexibility index (Phi) is 8.82. The van der Waals surface area contributed by atoms with Gasteiger partial charge in [-0.2, -0.15) is 0 Å². The van der Waals surface area contributed by atoms with Gasteiger partial charge in [0, 0.05) is 12.7 Å². The summed E-state index contributed by atoms with van der Waals surface area (Å²) in [5, 5.41) is 4.25. The maximum absolute atomic E-state index is 14.5. The lowest BCUT2D eigenvalue weighted by atomic mass is 9.94. The second-order valence-electron chi connectivity index (χ2n) is 10.7. The number of carbonyl (C=O) groups is 1. The maximum Gasteiger partial charge on any atom is 0.338 e. The van der Waals surface area contributed by atoms with Crippen LogP contribution in [0.15, 0.2) is 93.9 Å². The zero-order valence-electron chi connectivity index (χ0n) is 25.7. The van der Waals surface area contributed by atoms with Crippen molar-refractivity contribution >= 4 is 44.9 Å². The predicted molar refractivity (Wildman–Crippen MR) is 177 cm³/mol. The Bertz CT molecular complexity index is 2070. The first-order valence-corrected chi connectivity index (χ1v) is 15.7. The smallest absolute Gasteiger partial charge is 0.338 e. The third-order valence-corrected chi connectivity index (χ3v) is 8.81. The molecule has 0 bridgehead atoms. The molecule has 4 aromatic carbocycles. The van der Waals surface area contributed by atoms with Gasteiger partial charge in [-0.1, -0.05) is 78.9 Å². The van der Waals surface area contributed by atoms with E-state index in [0.29, 0.717) is 38.7 Å². The fourth-order valence-electron chi connectivity index (χ4n) is 5.78. The SMILES string of the molecule is CCCOc1c(OC)cccc1[C@H]1C(C(=O)OCCOC)=C(C)N=c2s/c(=C/c3c4ccccc4cc4ccccc34)c(=O)n21. The first-order valence-electron chi connectivity index (χ1n) is 14.9. The summed E-state index contributed by atoms with van der Waals surface area (Å²) < 4.78 is 24.7. The van der Waals surface area contributed by atoms with E-state index in [-0.39, 0.29) is 24.3 Å². The van der Waals surface area contributed by atoms with E-state index in [1.807, 2.05) is 49.4 Å². The van der Waals surface area contributed by atoms with Crippen molar-refractivity contribution in [2.45, 2.75) is 26.3 Å². The molecule has 0 radical (unpaired) electrons. The van der Waals surface area contributed by atoms with Gasteiger partial charge in [0.15, 0.2) is 16.3 Å². The summed E-state index contributed by atoms with van der Waals surface area (Å²) in [6, 6.07) is 23.1. The Balaban J connectivity index is 1.62. The highest BCUT2D eigenvalue weighted by Gasteiger charge is 2.36. The van der Waals surface area contributed by atoms with Crippen molar-refractivity contribution in [1.29, 1.82) is 0 Å². The molecular formula is C36H34N2O6S. The summed E-state index contributed by atoms with van der Waals surface area (Å²) in [4.78, 5) is 33.4. The molecule has 0 aliphatic carbocycles. The van der Waals surface area contributed by atoms with Gasteiger partial charge >= 0.3 is 5.97 Å². The third-order valence-electron chi connectivity index (χ3n) is 7.82. The van der Waals surface area contributed by atoms with Gasteiger partial charge in [0.25, 0.3) is 5.56 Å². The lowest BCUT2D eigenvalue weighted by Gasteiger charge is -2.27. The highest BCUT2D eigenvalue weighted by atomic mass is 32.1. The van der Waals surface area contributed by atoms with Crippen LogP contribution in [0, 0.1) is 0 Å². The fourth-order valence-corrected chi connectivity index (χ4v) is 6.80. The highest BCUT2D eigenvalue weighted by molar-refractivity contribution is 7.07. The average molecular weight is 623 g/mol. The number of esters is 1. The summed E-state index contributed by atoms with van der Waals surface area (Å²) >= 11 is 1.29. The molecule has 0 spiro atoms. The number of carbonyl (C=O) groups excluding carboxylic acids is 1. The van der Waals surface area contributed by atoms with Gasteiger partial charge < -0.3 is 18.9 Å². The van der Waals surface area contributed by atoms with E-state index >= 15 is 0 Å². The van der Waals surface area contributed by atoms with Crippen molar-refractivity contribution in [3.05, 3.63) is 115 Å². The molecule has 1 atom stereocenters. The molecule has 1 aliphatic rings. The number of hydrogen-bond donors (Lipinski definition) is 0. The van der Waals surface area contributed by atoms with Crippen LogP contribution in [0.1, 0.15) is 37.4 Å². The lowest BCUT2D eigenvalue weighted by Crippen LogP contribution is -2.40. The van der Waals surface area contributed by atoms with E-state index in [1.54, 1.807) is 31.8 Å². The number of methoxy groups -OCH3 is 2. The van der Waals surface area contributed by atoms with Crippen molar-refractivity contribution in [2.75, 3.05) is 34.0 Å². The van der Waals surface area contributed by atoms with Crippen molar-refractivity contribution in [3.63, 3.8) is 0 Å². The zero-order chi connectivity index (χ0) is 31.5. The minimum absolute atomic E-state index is 0.0642. The zero-order valence-corrected chi connectivity index (χ0v) is 26.5. The molecule has 9 heteroatoms. The predicted octanol–water partition coefficient (Wildman–Crippen LogP) is 5.53. The van der Waals surface area contributed by atoms with Gasteiger partial charge in [0.1, 0.15) is 12.6 Å². The maximum atomic E-state index is 14.5. The van der Waals surface area contributed by atoms with Crippen LogP contribution in [0.2, 0.25) is 0 Å². The molecule has 2 heterocycles. The summed E-state index contributed by atoms with van der Waals surface area (Å²) in [7, 11) is 3.11. The fraction of sp³-hybridized carbons (Fsp3) is 0.250. The van der Waals surface area contributed by atoms with Gasteiger partial charge in [-0.25, -0.2) is 9.79 Å². The van der Waals surface area contributed by atoms with Crippen LogP contribution in [-0.2, 0) is 14.3 Å². The van der Waals surface area contributed by atoms with Gasteiger partial charge in [-0.3, -0.25) is 9.36 Å². The van der Waals surface area contributed by atoms with Crippen LogP contribution in [0.3, 0.4) is 0 Å². The van der Waals surface area contributed by atoms with Crippen LogP contribution in [0.5, 0.6) is 11.5 Å². The third kappa shape index (κ3) is 5.65. The molecule has 230 valence electrons. The molecular weight excluding hydrogens is 588 g/mol. The van der Waals surface area contributed by atoms with Crippen LogP contribution < -0.4 is 24.4 Å². The topological polar surface area (TPSA) is 88.4 Å². The van der Waals surface area contributed by atoms with E-state index in [2.05, 4.69) is 30.3 Å². The number of aromatic nitrogens is 1. The number of rotatable bonds is 10. The van der Waals surface area contributed by atoms with Crippen LogP contribution in [0.4, 0.5) is 0 Å². The molecule has 0 saturated heterocycles. The summed E-state index contributed by atoms with van der Waals surface area (Å²) in [5.74, 6) is 0.405. The molecule has 6 rings (SSSR count). The second-order valence-corrected chi connectivity index (χ2v) is 11.7.